The highest BCUT2D eigenvalue weighted by atomic mass is 32.1. The number of aryl methyl sites for hydroxylation is 3. The number of hydrogen-bond acceptors (Lipinski definition) is 4. The first-order chi connectivity index (χ1) is 10.2. The molecule has 1 aliphatic carbocycles. The second-order valence-corrected chi connectivity index (χ2v) is 6.33. The SMILES string of the molecule is Cc1cccc(OCC(=O)Nc2nc3c(s2)CCCC3)c1. The van der Waals surface area contributed by atoms with Crippen molar-refractivity contribution in [3.05, 3.63) is 40.4 Å². The Hall–Kier alpha value is -1.88. The molecule has 2 aromatic rings. The third-order valence-electron chi connectivity index (χ3n) is 3.45. The van der Waals surface area contributed by atoms with Crippen LogP contribution in [-0.2, 0) is 17.6 Å². The number of carbonyl (C=O) groups excluding carboxylic acids is 1. The van der Waals surface area contributed by atoms with E-state index < -0.39 is 0 Å². The number of benzene rings is 1. The minimum Gasteiger partial charge on any atom is -0.484 e. The van der Waals surface area contributed by atoms with Gasteiger partial charge in [-0.25, -0.2) is 4.98 Å². The minimum absolute atomic E-state index is 0.00764. The molecule has 110 valence electrons. The van der Waals surface area contributed by atoms with Crippen LogP contribution >= 0.6 is 11.3 Å². The Morgan fingerprint density at radius 2 is 2.24 bits per heavy atom. The first-order valence-electron chi connectivity index (χ1n) is 7.18. The molecule has 1 aromatic carbocycles. The van der Waals surface area contributed by atoms with Gasteiger partial charge in [0.2, 0.25) is 0 Å². The van der Waals surface area contributed by atoms with E-state index in [1.54, 1.807) is 11.3 Å². The van der Waals surface area contributed by atoms with Crippen molar-refractivity contribution in [2.45, 2.75) is 32.6 Å². The molecule has 0 fully saturated rings. The fourth-order valence-corrected chi connectivity index (χ4v) is 3.48. The van der Waals surface area contributed by atoms with Crippen LogP contribution in [0.5, 0.6) is 5.75 Å². The fraction of sp³-hybridized carbons (Fsp3) is 0.375. The van der Waals surface area contributed by atoms with Gasteiger partial charge < -0.3 is 4.74 Å². The smallest absolute Gasteiger partial charge is 0.264 e. The zero-order valence-corrected chi connectivity index (χ0v) is 12.8. The van der Waals surface area contributed by atoms with E-state index in [2.05, 4.69) is 10.3 Å². The lowest BCUT2D eigenvalue weighted by atomic mass is 10.0. The molecule has 0 unspecified atom stereocenters. The fourth-order valence-electron chi connectivity index (χ4n) is 2.41. The van der Waals surface area contributed by atoms with E-state index >= 15 is 0 Å². The third-order valence-corrected chi connectivity index (χ3v) is 4.52. The van der Waals surface area contributed by atoms with Crippen molar-refractivity contribution in [1.29, 1.82) is 0 Å². The van der Waals surface area contributed by atoms with Crippen LogP contribution in [0.3, 0.4) is 0 Å². The summed E-state index contributed by atoms with van der Waals surface area (Å²) in [5.74, 6) is 0.547. The normalized spacial score (nSPS) is 13.6. The number of fused-ring (bicyclic) bond motifs is 1. The average Bonchev–Trinajstić information content (AvgIpc) is 2.87. The van der Waals surface area contributed by atoms with Crippen LogP contribution in [0.4, 0.5) is 5.13 Å². The molecule has 21 heavy (non-hydrogen) atoms. The summed E-state index contributed by atoms with van der Waals surface area (Å²) in [6.07, 6.45) is 4.53. The van der Waals surface area contributed by atoms with Crippen LogP contribution in [0.1, 0.15) is 29.0 Å². The Morgan fingerprint density at radius 3 is 3.05 bits per heavy atom. The van der Waals surface area contributed by atoms with Gasteiger partial charge in [0.25, 0.3) is 5.91 Å². The van der Waals surface area contributed by atoms with E-state index in [-0.39, 0.29) is 12.5 Å². The van der Waals surface area contributed by atoms with Crippen LogP contribution < -0.4 is 10.1 Å². The number of hydrogen-bond donors (Lipinski definition) is 1. The molecule has 0 saturated carbocycles. The minimum atomic E-state index is -0.164. The number of thiazole rings is 1. The highest BCUT2D eigenvalue weighted by molar-refractivity contribution is 7.15. The van der Waals surface area contributed by atoms with Gasteiger partial charge in [-0.3, -0.25) is 10.1 Å². The van der Waals surface area contributed by atoms with Gasteiger partial charge in [-0.15, -0.1) is 11.3 Å². The average molecular weight is 302 g/mol. The molecule has 4 nitrogen and oxygen atoms in total. The van der Waals surface area contributed by atoms with Gasteiger partial charge in [0, 0.05) is 4.88 Å². The van der Waals surface area contributed by atoms with Gasteiger partial charge in [0.15, 0.2) is 11.7 Å². The van der Waals surface area contributed by atoms with Crippen LogP contribution in [0, 0.1) is 6.92 Å². The Balaban J connectivity index is 1.55. The summed E-state index contributed by atoms with van der Waals surface area (Å²) < 4.78 is 5.49. The molecule has 5 heteroatoms. The number of ether oxygens (including phenoxy) is 1. The van der Waals surface area contributed by atoms with Gasteiger partial charge in [0.05, 0.1) is 5.69 Å². The first kappa shape index (κ1) is 14.1. The molecule has 3 rings (SSSR count). The third kappa shape index (κ3) is 3.61. The van der Waals surface area contributed by atoms with Crippen LogP contribution in [0.25, 0.3) is 0 Å². The summed E-state index contributed by atoms with van der Waals surface area (Å²) in [4.78, 5) is 17.7. The van der Waals surface area contributed by atoms with Crippen LogP contribution in [0.15, 0.2) is 24.3 Å². The number of rotatable bonds is 4. The maximum Gasteiger partial charge on any atom is 0.264 e. The second-order valence-electron chi connectivity index (χ2n) is 5.25. The summed E-state index contributed by atoms with van der Waals surface area (Å²) in [5, 5.41) is 3.52. The molecule has 1 aromatic heterocycles. The molecule has 1 N–H and O–H groups in total. The van der Waals surface area contributed by atoms with E-state index in [4.69, 9.17) is 4.74 Å². The standard InChI is InChI=1S/C16H18N2O2S/c1-11-5-4-6-12(9-11)20-10-15(19)18-16-17-13-7-2-3-8-14(13)21-16/h4-6,9H,2-3,7-8,10H2,1H3,(H,17,18,19). The molecule has 0 saturated heterocycles. The van der Waals surface area contributed by atoms with Crippen molar-refractivity contribution in [3.8, 4) is 5.75 Å². The number of anilines is 1. The Labute approximate surface area is 128 Å². The molecule has 0 spiro atoms. The van der Waals surface area contributed by atoms with Gasteiger partial charge in [-0.2, -0.15) is 0 Å². The summed E-state index contributed by atoms with van der Waals surface area (Å²) in [6, 6.07) is 7.67. The lowest BCUT2D eigenvalue weighted by Crippen LogP contribution is -2.20. The molecule has 1 heterocycles. The van der Waals surface area contributed by atoms with Crippen LogP contribution in [-0.4, -0.2) is 17.5 Å². The molecule has 0 radical (unpaired) electrons. The lowest BCUT2D eigenvalue weighted by molar-refractivity contribution is -0.118. The van der Waals surface area contributed by atoms with Crippen molar-refractivity contribution >= 4 is 22.4 Å². The van der Waals surface area contributed by atoms with Crippen molar-refractivity contribution in [1.82, 2.24) is 4.98 Å². The number of aromatic nitrogens is 1. The largest absolute Gasteiger partial charge is 0.484 e. The summed E-state index contributed by atoms with van der Waals surface area (Å²) in [5.41, 5.74) is 2.27. The van der Waals surface area contributed by atoms with Gasteiger partial charge in [-0.1, -0.05) is 12.1 Å². The first-order valence-corrected chi connectivity index (χ1v) is 8.00. The summed E-state index contributed by atoms with van der Waals surface area (Å²) >= 11 is 1.59. The molecule has 0 bridgehead atoms. The number of carbonyl (C=O) groups is 1. The molecule has 0 aliphatic heterocycles. The van der Waals surface area contributed by atoms with Crippen molar-refractivity contribution in [2.75, 3.05) is 11.9 Å². The molecule has 0 atom stereocenters. The summed E-state index contributed by atoms with van der Waals surface area (Å²) in [7, 11) is 0. The Bertz CT molecular complexity index is 628. The van der Waals surface area contributed by atoms with Crippen molar-refractivity contribution in [3.63, 3.8) is 0 Å². The zero-order chi connectivity index (χ0) is 14.7. The van der Waals surface area contributed by atoms with Gasteiger partial charge in [0.1, 0.15) is 5.75 Å². The number of nitrogens with zero attached hydrogens (tertiary/aromatic N) is 1. The summed E-state index contributed by atoms with van der Waals surface area (Å²) in [6.45, 7) is 2.00. The predicted octanol–water partition coefficient (Wildman–Crippen LogP) is 3.35. The van der Waals surface area contributed by atoms with Gasteiger partial charge >= 0.3 is 0 Å². The topological polar surface area (TPSA) is 51.2 Å². The van der Waals surface area contributed by atoms with Crippen molar-refractivity contribution < 1.29 is 9.53 Å². The second kappa shape index (κ2) is 6.26. The molecule has 1 aliphatic rings. The van der Waals surface area contributed by atoms with E-state index in [0.29, 0.717) is 10.9 Å². The maximum absolute atomic E-state index is 11.9. The number of amides is 1. The van der Waals surface area contributed by atoms with E-state index in [1.165, 1.54) is 17.7 Å². The monoisotopic (exact) mass is 302 g/mol. The van der Waals surface area contributed by atoms with Crippen molar-refractivity contribution in [2.24, 2.45) is 0 Å². The Kier molecular flexibility index (Phi) is 4.20. The lowest BCUT2D eigenvalue weighted by Gasteiger charge is -2.06. The van der Waals surface area contributed by atoms with Crippen LogP contribution in [0.2, 0.25) is 0 Å². The quantitative estimate of drug-likeness (QED) is 0.942. The molecular formula is C16H18N2O2S. The molecule has 1 amide bonds. The van der Waals surface area contributed by atoms with E-state index in [1.807, 2.05) is 31.2 Å². The Morgan fingerprint density at radius 1 is 1.38 bits per heavy atom. The highest BCUT2D eigenvalue weighted by Crippen LogP contribution is 2.29. The maximum atomic E-state index is 11.9. The predicted molar refractivity (Wildman–Crippen MR) is 84.1 cm³/mol. The van der Waals surface area contributed by atoms with E-state index in [9.17, 15) is 4.79 Å². The van der Waals surface area contributed by atoms with E-state index in [0.717, 1.165) is 24.1 Å². The highest BCUT2D eigenvalue weighted by Gasteiger charge is 2.16. The number of nitrogens with one attached hydrogen (secondary N) is 1. The zero-order valence-electron chi connectivity index (χ0n) is 12.0. The molecular weight excluding hydrogens is 284 g/mol. The van der Waals surface area contributed by atoms with Gasteiger partial charge in [-0.05, 0) is 50.3 Å².